The maximum atomic E-state index is 12.3. The Bertz CT molecular complexity index is 440. The topological polar surface area (TPSA) is 44.4 Å². The lowest BCUT2D eigenvalue weighted by Gasteiger charge is -2.33. The number of anilines is 1. The van der Waals surface area contributed by atoms with E-state index in [4.69, 9.17) is 0 Å². The van der Waals surface area contributed by atoms with Gasteiger partial charge in [0.25, 0.3) is 0 Å². The first-order valence-electron chi connectivity index (χ1n) is 6.68. The van der Waals surface area contributed by atoms with Gasteiger partial charge in [-0.25, -0.2) is 0 Å². The first-order chi connectivity index (χ1) is 8.84. The number of aryl methyl sites for hydroxylation is 1. The summed E-state index contributed by atoms with van der Waals surface area (Å²) < 4.78 is 0. The highest BCUT2D eigenvalue weighted by atomic mass is 16.2. The molecule has 18 heavy (non-hydrogen) atoms. The standard InChI is InChI=1S/C14H19N3O/c18-14-13(17-9-7-15-8-10-17)6-5-11-3-1-2-4-12(11)16-14/h1-4,13,15H,5-10H2,(H,16,18)/t13-/m0/s1. The Morgan fingerprint density at radius 2 is 1.94 bits per heavy atom. The van der Waals surface area contributed by atoms with Crippen LogP contribution in [-0.2, 0) is 11.2 Å². The fourth-order valence-electron chi connectivity index (χ4n) is 2.84. The highest BCUT2D eigenvalue weighted by Gasteiger charge is 2.29. The second-order valence-corrected chi connectivity index (χ2v) is 4.99. The Morgan fingerprint density at radius 1 is 1.17 bits per heavy atom. The monoisotopic (exact) mass is 245 g/mol. The molecule has 0 aliphatic carbocycles. The maximum Gasteiger partial charge on any atom is 0.241 e. The van der Waals surface area contributed by atoms with Crippen LogP contribution in [-0.4, -0.2) is 43.0 Å². The molecule has 2 N–H and O–H groups in total. The molecular formula is C14H19N3O. The third kappa shape index (κ3) is 2.26. The van der Waals surface area contributed by atoms with Crippen molar-refractivity contribution in [3.63, 3.8) is 0 Å². The minimum Gasteiger partial charge on any atom is -0.324 e. The number of amides is 1. The third-order valence-corrected chi connectivity index (χ3v) is 3.86. The van der Waals surface area contributed by atoms with E-state index in [1.54, 1.807) is 0 Å². The molecule has 2 aliphatic rings. The largest absolute Gasteiger partial charge is 0.324 e. The molecule has 1 aromatic rings. The first kappa shape index (κ1) is 11.7. The number of hydrogen-bond acceptors (Lipinski definition) is 3. The van der Waals surface area contributed by atoms with Gasteiger partial charge in [-0.3, -0.25) is 9.69 Å². The van der Waals surface area contributed by atoms with E-state index in [0.717, 1.165) is 44.7 Å². The lowest BCUT2D eigenvalue weighted by molar-refractivity contribution is -0.121. The Balaban J connectivity index is 1.78. The van der Waals surface area contributed by atoms with E-state index in [1.807, 2.05) is 18.2 Å². The van der Waals surface area contributed by atoms with E-state index >= 15 is 0 Å². The summed E-state index contributed by atoms with van der Waals surface area (Å²) in [5.74, 6) is 0.154. The number of para-hydroxylation sites is 1. The molecule has 0 bridgehead atoms. The van der Waals surface area contributed by atoms with Gasteiger partial charge in [0.05, 0.1) is 6.04 Å². The summed E-state index contributed by atoms with van der Waals surface area (Å²) in [7, 11) is 0. The zero-order valence-corrected chi connectivity index (χ0v) is 10.5. The number of fused-ring (bicyclic) bond motifs is 1. The fourth-order valence-corrected chi connectivity index (χ4v) is 2.84. The van der Waals surface area contributed by atoms with E-state index in [2.05, 4.69) is 21.6 Å². The van der Waals surface area contributed by atoms with Crippen LogP contribution in [0.15, 0.2) is 24.3 Å². The Hall–Kier alpha value is -1.39. The average Bonchev–Trinajstić information content (AvgIpc) is 2.58. The van der Waals surface area contributed by atoms with Gasteiger partial charge in [0.1, 0.15) is 0 Å². The van der Waals surface area contributed by atoms with Crippen LogP contribution < -0.4 is 10.6 Å². The molecule has 2 aliphatic heterocycles. The lowest BCUT2D eigenvalue weighted by Crippen LogP contribution is -2.52. The minimum absolute atomic E-state index is 0.0273. The van der Waals surface area contributed by atoms with Gasteiger partial charge in [-0.05, 0) is 24.5 Å². The number of piperazine rings is 1. The molecule has 0 saturated carbocycles. The highest BCUT2D eigenvalue weighted by molar-refractivity contribution is 5.96. The molecule has 1 atom stereocenters. The normalized spacial score (nSPS) is 25.1. The summed E-state index contributed by atoms with van der Waals surface area (Å²) in [4.78, 5) is 14.6. The number of carbonyl (C=O) groups excluding carboxylic acids is 1. The number of carbonyl (C=O) groups is 1. The van der Waals surface area contributed by atoms with Crippen molar-refractivity contribution in [3.05, 3.63) is 29.8 Å². The molecule has 4 nitrogen and oxygen atoms in total. The second-order valence-electron chi connectivity index (χ2n) is 4.99. The van der Waals surface area contributed by atoms with Gasteiger partial charge in [0.2, 0.25) is 5.91 Å². The predicted molar refractivity (Wildman–Crippen MR) is 71.6 cm³/mol. The Labute approximate surface area is 107 Å². The first-order valence-corrected chi connectivity index (χ1v) is 6.68. The SMILES string of the molecule is O=C1Nc2ccccc2CC[C@@H]1N1CCNCC1. The van der Waals surface area contributed by atoms with E-state index in [0.29, 0.717) is 0 Å². The smallest absolute Gasteiger partial charge is 0.241 e. The van der Waals surface area contributed by atoms with Crippen LogP contribution in [0, 0.1) is 0 Å². The molecule has 0 spiro atoms. The highest BCUT2D eigenvalue weighted by Crippen LogP contribution is 2.23. The summed E-state index contributed by atoms with van der Waals surface area (Å²) in [5, 5.41) is 6.40. The molecule has 0 unspecified atom stereocenters. The Kier molecular flexibility index (Phi) is 3.30. The quantitative estimate of drug-likeness (QED) is 0.771. The van der Waals surface area contributed by atoms with Gasteiger partial charge < -0.3 is 10.6 Å². The summed E-state index contributed by atoms with van der Waals surface area (Å²) in [6.07, 6.45) is 1.90. The second kappa shape index (κ2) is 5.08. The van der Waals surface area contributed by atoms with Gasteiger partial charge in [0.15, 0.2) is 0 Å². The summed E-state index contributed by atoms with van der Waals surface area (Å²) >= 11 is 0. The van der Waals surface area contributed by atoms with Crippen LogP contribution in [0.1, 0.15) is 12.0 Å². The molecular weight excluding hydrogens is 226 g/mol. The lowest BCUT2D eigenvalue weighted by atomic mass is 10.0. The van der Waals surface area contributed by atoms with Crippen molar-refractivity contribution in [2.24, 2.45) is 0 Å². The number of benzene rings is 1. The third-order valence-electron chi connectivity index (χ3n) is 3.86. The molecule has 0 radical (unpaired) electrons. The maximum absolute atomic E-state index is 12.3. The zero-order valence-electron chi connectivity index (χ0n) is 10.5. The molecule has 1 saturated heterocycles. The van der Waals surface area contributed by atoms with Crippen molar-refractivity contribution in [1.82, 2.24) is 10.2 Å². The predicted octanol–water partition coefficient (Wildman–Crippen LogP) is 0.845. The van der Waals surface area contributed by atoms with Crippen molar-refractivity contribution in [1.29, 1.82) is 0 Å². The van der Waals surface area contributed by atoms with Crippen LogP contribution in [0.4, 0.5) is 5.69 Å². The van der Waals surface area contributed by atoms with Gasteiger partial charge in [0, 0.05) is 31.9 Å². The van der Waals surface area contributed by atoms with Crippen molar-refractivity contribution in [3.8, 4) is 0 Å². The van der Waals surface area contributed by atoms with E-state index < -0.39 is 0 Å². The minimum atomic E-state index is 0.0273. The molecule has 96 valence electrons. The molecule has 1 fully saturated rings. The van der Waals surface area contributed by atoms with Gasteiger partial charge in [-0.1, -0.05) is 18.2 Å². The van der Waals surface area contributed by atoms with E-state index in [-0.39, 0.29) is 11.9 Å². The molecule has 2 heterocycles. The molecule has 0 aromatic heterocycles. The van der Waals surface area contributed by atoms with Crippen molar-refractivity contribution in [2.45, 2.75) is 18.9 Å². The van der Waals surface area contributed by atoms with Gasteiger partial charge in [-0.15, -0.1) is 0 Å². The van der Waals surface area contributed by atoms with Crippen molar-refractivity contribution in [2.75, 3.05) is 31.5 Å². The van der Waals surface area contributed by atoms with Gasteiger partial charge >= 0.3 is 0 Å². The van der Waals surface area contributed by atoms with Crippen LogP contribution in [0.2, 0.25) is 0 Å². The molecule has 4 heteroatoms. The number of nitrogens with zero attached hydrogens (tertiary/aromatic N) is 1. The van der Waals surface area contributed by atoms with Crippen LogP contribution in [0.3, 0.4) is 0 Å². The van der Waals surface area contributed by atoms with Crippen LogP contribution in [0.5, 0.6) is 0 Å². The summed E-state index contributed by atoms with van der Waals surface area (Å²) in [5.41, 5.74) is 2.24. The average molecular weight is 245 g/mol. The number of rotatable bonds is 1. The molecule has 3 rings (SSSR count). The Morgan fingerprint density at radius 3 is 2.78 bits per heavy atom. The number of hydrogen-bond donors (Lipinski definition) is 2. The molecule has 1 aromatic carbocycles. The zero-order chi connectivity index (χ0) is 12.4. The van der Waals surface area contributed by atoms with Gasteiger partial charge in [-0.2, -0.15) is 0 Å². The van der Waals surface area contributed by atoms with Crippen molar-refractivity contribution < 1.29 is 4.79 Å². The van der Waals surface area contributed by atoms with E-state index in [9.17, 15) is 4.79 Å². The molecule has 1 amide bonds. The van der Waals surface area contributed by atoms with Crippen molar-refractivity contribution >= 4 is 11.6 Å². The summed E-state index contributed by atoms with van der Waals surface area (Å²) in [6, 6.07) is 8.14. The van der Waals surface area contributed by atoms with E-state index in [1.165, 1.54) is 5.56 Å². The fraction of sp³-hybridized carbons (Fsp3) is 0.500. The van der Waals surface area contributed by atoms with Crippen LogP contribution in [0.25, 0.3) is 0 Å². The summed E-state index contributed by atoms with van der Waals surface area (Å²) in [6.45, 7) is 3.90. The van der Waals surface area contributed by atoms with Crippen LogP contribution >= 0.6 is 0 Å². The number of nitrogens with one attached hydrogen (secondary N) is 2.